The Morgan fingerprint density at radius 3 is 2.23 bits per heavy atom. The number of amides is 2. The number of hydrogen-bond acceptors (Lipinski definition) is 4. The molecule has 2 N–H and O–H groups in total. The minimum atomic E-state index is -3.32. The summed E-state index contributed by atoms with van der Waals surface area (Å²) in [5.74, 6) is -7.19. The Kier molecular flexibility index (Phi) is 8.15. The minimum absolute atomic E-state index is 0.0357. The van der Waals surface area contributed by atoms with Crippen molar-refractivity contribution in [3.05, 3.63) is 56.0 Å². The van der Waals surface area contributed by atoms with Crippen LogP contribution in [0.1, 0.15) is 39.2 Å². The average molecular weight is 623 g/mol. The minimum Gasteiger partial charge on any atom is -0.481 e. The molecule has 2 aliphatic heterocycles. The number of aliphatic carboxylic acids is 1. The number of fused-ring (bicyclic) bond motifs is 1. The van der Waals surface area contributed by atoms with Crippen LogP contribution in [0.5, 0.6) is 0 Å². The fourth-order valence-corrected chi connectivity index (χ4v) is 6.66. The van der Waals surface area contributed by atoms with Gasteiger partial charge in [0.15, 0.2) is 0 Å². The van der Waals surface area contributed by atoms with Crippen molar-refractivity contribution in [1.82, 2.24) is 4.90 Å². The van der Waals surface area contributed by atoms with Gasteiger partial charge in [-0.2, -0.15) is 0 Å². The Balaban J connectivity index is 1.84. The molecular weight excluding hydrogens is 598 g/mol. The van der Waals surface area contributed by atoms with Gasteiger partial charge in [-0.25, -0.2) is 8.78 Å². The topological polar surface area (TPSA) is 90.0 Å². The van der Waals surface area contributed by atoms with Gasteiger partial charge in [0.25, 0.3) is 5.92 Å². The molecular formula is C26H25Cl4F2N3O4. The van der Waals surface area contributed by atoms with Crippen LogP contribution < -0.4 is 10.2 Å². The van der Waals surface area contributed by atoms with Crippen molar-refractivity contribution in [3.8, 4) is 0 Å². The first-order valence-corrected chi connectivity index (χ1v) is 13.5. The summed E-state index contributed by atoms with van der Waals surface area (Å²) in [4.78, 5) is 42.1. The number of nitrogens with one attached hydrogen (secondary N) is 1. The van der Waals surface area contributed by atoms with E-state index >= 15 is 8.78 Å². The SMILES string of the molecule is CC(C)N(C(=O)[C@H](C)[C@H]1CC(F)(F)CN1[C@@]1(CC(=O)O)C(=O)Nc2c(Cl)cc(Cl)cc21)c1cc(Cl)cc(Cl)c1. The molecule has 0 aliphatic carbocycles. The second-order valence-electron chi connectivity index (χ2n) is 10.2. The molecule has 2 aromatic carbocycles. The van der Waals surface area contributed by atoms with Crippen LogP contribution in [0, 0.1) is 5.92 Å². The Hall–Kier alpha value is -2.17. The van der Waals surface area contributed by atoms with Gasteiger partial charge in [0.05, 0.1) is 29.6 Å². The van der Waals surface area contributed by atoms with Crippen molar-refractivity contribution in [2.75, 3.05) is 16.8 Å². The van der Waals surface area contributed by atoms with E-state index < -0.39 is 66.6 Å². The average Bonchev–Trinajstić information content (AvgIpc) is 3.26. The van der Waals surface area contributed by atoms with Crippen molar-refractivity contribution in [2.24, 2.45) is 5.92 Å². The number of alkyl halides is 2. The van der Waals surface area contributed by atoms with Gasteiger partial charge in [-0.15, -0.1) is 0 Å². The fraction of sp³-hybridized carbons (Fsp3) is 0.423. The molecule has 0 radical (unpaired) electrons. The van der Waals surface area contributed by atoms with E-state index in [-0.39, 0.29) is 31.3 Å². The molecule has 0 saturated carbocycles. The second kappa shape index (κ2) is 10.7. The van der Waals surface area contributed by atoms with E-state index in [4.69, 9.17) is 46.4 Å². The van der Waals surface area contributed by atoms with Crippen molar-refractivity contribution < 1.29 is 28.3 Å². The molecule has 3 atom stereocenters. The summed E-state index contributed by atoms with van der Waals surface area (Å²) in [6.07, 6.45) is -1.63. The monoisotopic (exact) mass is 621 g/mol. The number of carbonyl (C=O) groups excluding carboxylic acids is 2. The van der Waals surface area contributed by atoms with Crippen LogP contribution in [0.3, 0.4) is 0 Å². The van der Waals surface area contributed by atoms with Gasteiger partial charge in [-0.1, -0.05) is 53.3 Å². The van der Waals surface area contributed by atoms with Crippen LogP contribution in [0.4, 0.5) is 20.2 Å². The summed E-state index contributed by atoms with van der Waals surface area (Å²) in [6, 6.07) is 5.64. The van der Waals surface area contributed by atoms with Gasteiger partial charge in [-0.05, 0) is 44.2 Å². The molecule has 7 nitrogen and oxygen atoms in total. The van der Waals surface area contributed by atoms with Crippen LogP contribution >= 0.6 is 46.4 Å². The van der Waals surface area contributed by atoms with Crippen molar-refractivity contribution in [1.29, 1.82) is 0 Å². The lowest BCUT2D eigenvalue weighted by Gasteiger charge is -2.42. The van der Waals surface area contributed by atoms with Gasteiger partial charge in [0.1, 0.15) is 5.54 Å². The highest BCUT2D eigenvalue weighted by Crippen LogP contribution is 2.52. The predicted molar refractivity (Wildman–Crippen MR) is 147 cm³/mol. The molecule has 13 heteroatoms. The first-order chi connectivity index (χ1) is 18.1. The van der Waals surface area contributed by atoms with E-state index in [2.05, 4.69) is 5.32 Å². The molecule has 2 aliphatic rings. The molecule has 0 bridgehead atoms. The van der Waals surface area contributed by atoms with E-state index in [0.717, 1.165) is 4.90 Å². The first-order valence-electron chi connectivity index (χ1n) is 12.0. The Bertz CT molecular complexity index is 1340. The van der Waals surface area contributed by atoms with Gasteiger partial charge in [0, 0.05) is 44.8 Å². The molecule has 2 aromatic rings. The first kappa shape index (κ1) is 29.8. The van der Waals surface area contributed by atoms with Crippen LogP contribution in [0.25, 0.3) is 0 Å². The summed E-state index contributed by atoms with van der Waals surface area (Å²) < 4.78 is 30.3. The fourth-order valence-electron chi connectivity index (χ4n) is 5.60. The van der Waals surface area contributed by atoms with Crippen LogP contribution in [-0.2, 0) is 19.9 Å². The van der Waals surface area contributed by atoms with Gasteiger partial charge < -0.3 is 15.3 Å². The predicted octanol–water partition coefficient (Wildman–Crippen LogP) is 6.71. The summed E-state index contributed by atoms with van der Waals surface area (Å²) in [6.45, 7) is 4.02. The third kappa shape index (κ3) is 5.44. The largest absolute Gasteiger partial charge is 0.481 e. The lowest BCUT2D eigenvalue weighted by molar-refractivity contribution is -0.147. The van der Waals surface area contributed by atoms with E-state index in [1.54, 1.807) is 13.8 Å². The van der Waals surface area contributed by atoms with Gasteiger partial charge >= 0.3 is 5.97 Å². The summed E-state index contributed by atoms with van der Waals surface area (Å²) in [7, 11) is 0. The highest BCUT2D eigenvalue weighted by molar-refractivity contribution is 6.38. The number of carboxylic acid groups (broad SMARTS) is 1. The highest BCUT2D eigenvalue weighted by Gasteiger charge is 2.62. The molecule has 1 fully saturated rings. The zero-order chi connectivity index (χ0) is 29.0. The molecule has 0 unspecified atom stereocenters. The molecule has 0 aromatic heterocycles. The molecule has 2 heterocycles. The van der Waals surface area contributed by atoms with E-state index in [1.807, 2.05) is 0 Å². The maximum atomic E-state index is 15.1. The molecule has 1 saturated heterocycles. The van der Waals surface area contributed by atoms with Gasteiger partial charge in [0.2, 0.25) is 11.8 Å². The molecule has 39 heavy (non-hydrogen) atoms. The van der Waals surface area contributed by atoms with E-state index in [0.29, 0.717) is 5.69 Å². The molecule has 2 amide bonds. The Labute approximate surface area is 243 Å². The lowest BCUT2D eigenvalue weighted by Crippen LogP contribution is -2.57. The second-order valence-corrected chi connectivity index (χ2v) is 11.9. The third-order valence-electron chi connectivity index (χ3n) is 7.17. The normalized spacial score (nSPS) is 23.0. The zero-order valence-electron chi connectivity index (χ0n) is 21.1. The number of carbonyl (C=O) groups is 3. The number of carboxylic acids is 1. The molecule has 4 rings (SSSR count). The Morgan fingerprint density at radius 1 is 1.08 bits per heavy atom. The number of benzene rings is 2. The van der Waals surface area contributed by atoms with E-state index in [1.165, 1.54) is 42.2 Å². The maximum Gasteiger partial charge on any atom is 0.306 e. The lowest BCUT2D eigenvalue weighted by atomic mass is 9.83. The number of likely N-dealkylation sites (tertiary alicyclic amines) is 1. The Morgan fingerprint density at radius 2 is 1.67 bits per heavy atom. The van der Waals surface area contributed by atoms with Gasteiger partial charge in [-0.3, -0.25) is 19.3 Å². The number of hydrogen-bond donors (Lipinski definition) is 2. The van der Waals surface area contributed by atoms with Crippen molar-refractivity contribution in [2.45, 2.75) is 57.2 Å². The number of anilines is 2. The zero-order valence-corrected chi connectivity index (χ0v) is 24.1. The smallest absolute Gasteiger partial charge is 0.306 e. The summed E-state index contributed by atoms with van der Waals surface area (Å²) in [5.41, 5.74) is -1.55. The standard InChI is InChI=1S/C26H25Cl4F2N3O4/c1-12(2)35(17-5-14(27)4-15(28)6-17)23(38)13(3)20-9-25(31,32)11-34(20)26(10-21(36)37)18-7-16(29)8-19(30)22(18)33-24(26)39/h4-8,12-13,20H,9-11H2,1-3H3,(H,33,39)(H,36,37)/t13-,20-,26-/m1/s1. The molecule has 0 spiro atoms. The summed E-state index contributed by atoms with van der Waals surface area (Å²) >= 11 is 24.8. The molecule has 210 valence electrons. The van der Waals surface area contributed by atoms with Crippen LogP contribution in [0.15, 0.2) is 30.3 Å². The van der Waals surface area contributed by atoms with Crippen molar-refractivity contribution >= 4 is 75.6 Å². The van der Waals surface area contributed by atoms with Crippen molar-refractivity contribution in [3.63, 3.8) is 0 Å². The highest BCUT2D eigenvalue weighted by atomic mass is 35.5. The summed E-state index contributed by atoms with van der Waals surface area (Å²) in [5, 5.41) is 13.1. The van der Waals surface area contributed by atoms with Crippen LogP contribution in [-0.4, -0.2) is 52.3 Å². The maximum absolute atomic E-state index is 15.1. The van der Waals surface area contributed by atoms with E-state index in [9.17, 15) is 19.5 Å². The third-order valence-corrected chi connectivity index (χ3v) is 8.12. The number of rotatable bonds is 7. The van der Waals surface area contributed by atoms with Crippen LogP contribution in [0.2, 0.25) is 20.1 Å². The number of nitrogens with zero attached hydrogens (tertiary/aromatic N) is 2. The quantitative estimate of drug-likeness (QED) is 0.358. The number of halogens is 6.